The van der Waals surface area contributed by atoms with E-state index < -0.39 is 21.6 Å². The summed E-state index contributed by atoms with van der Waals surface area (Å²) < 4.78 is 62.6. The maximum Gasteiger partial charge on any atom is 0.418 e. The normalized spacial score (nSPS) is 17.6. The lowest BCUT2D eigenvalue weighted by Gasteiger charge is -2.26. The van der Waals surface area contributed by atoms with Gasteiger partial charge in [0.2, 0.25) is 0 Å². The Morgan fingerprint density at radius 2 is 1.90 bits per heavy atom. The van der Waals surface area contributed by atoms with Gasteiger partial charge in [-0.25, -0.2) is 8.42 Å². The molecular weight excluding hydrogens is 305 g/mol. The van der Waals surface area contributed by atoms with Gasteiger partial charge in [-0.2, -0.15) is 13.2 Å². The summed E-state index contributed by atoms with van der Waals surface area (Å²) in [5.74, 6) is 0. The van der Waals surface area contributed by atoms with E-state index in [1.54, 1.807) is 4.90 Å². The quantitative estimate of drug-likeness (QED) is 0.904. The number of hydrogen-bond acceptors (Lipinski definition) is 4. The standard InChI is InChI=1S/C13H17F3N2O2S/c1-21(19,20)10-3-4-12(11(9-10)13(14,15)16)18-7-2-5-17-6-8-18/h3-4,9,17H,2,5-8H2,1H3. The zero-order valence-electron chi connectivity index (χ0n) is 11.6. The monoisotopic (exact) mass is 322 g/mol. The summed E-state index contributed by atoms with van der Waals surface area (Å²) >= 11 is 0. The van der Waals surface area contributed by atoms with Crippen molar-refractivity contribution in [1.29, 1.82) is 0 Å². The van der Waals surface area contributed by atoms with E-state index in [4.69, 9.17) is 0 Å². The predicted octanol–water partition coefficient (Wildman–Crippen LogP) is 1.91. The van der Waals surface area contributed by atoms with E-state index in [1.807, 2.05) is 0 Å². The van der Waals surface area contributed by atoms with Crippen LogP contribution in [0.5, 0.6) is 0 Å². The molecule has 0 bridgehead atoms. The molecule has 1 aliphatic heterocycles. The van der Waals surface area contributed by atoms with Crippen LogP contribution in [0.3, 0.4) is 0 Å². The zero-order valence-corrected chi connectivity index (χ0v) is 12.4. The Morgan fingerprint density at radius 3 is 2.52 bits per heavy atom. The Morgan fingerprint density at radius 1 is 1.19 bits per heavy atom. The number of sulfone groups is 1. The van der Waals surface area contributed by atoms with Gasteiger partial charge in [-0.1, -0.05) is 0 Å². The van der Waals surface area contributed by atoms with Gasteiger partial charge in [0.1, 0.15) is 0 Å². The Bertz CT molecular complexity index is 606. The van der Waals surface area contributed by atoms with Crippen LogP contribution in [0, 0.1) is 0 Å². The smallest absolute Gasteiger partial charge is 0.370 e. The highest BCUT2D eigenvalue weighted by molar-refractivity contribution is 7.90. The van der Waals surface area contributed by atoms with Gasteiger partial charge in [0.15, 0.2) is 9.84 Å². The number of anilines is 1. The molecular formula is C13H17F3N2O2S. The number of nitrogens with zero attached hydrogens (tertiary/aromatic N) is 1. The maximum absolute atomic E-state index is 13.2. The van der Waals surface area contributed by atoms with Gasteiger partial charge in [-0.3, -0.25) is 0 Å². The minimum absolute atomic E-state index is 0.0404. The summed E-state index contributed by atoms with van der Waals surface area (Å²) in [5.41, 5.74) is -0.856. The fourth-order valence-corrected chi connectivity index (χ4v) is 2.98. The molecule has 0 aliphatic carbocycles. The van der Waals surface area contributed by atoms with Crippen molar-refractivity contribution in [2.75, 3.05) is 37.3 Å². The van der Waals surface area contributed by atoms with Crippen molar-refractivity contribution in [3.8, 4) is 0 Å². The second-order valence-electron chi connectivity index (χ2n) is 5.04. The molecule has 0 amide bonds. The van der Waals surface area contributed by atoms with Crippen LogP contribution in [0.1, 0.15) is 12.0 Å². The van der Waals surface area contributed by atoms with Gasteiger partial charge < -0.3 is 10.2 Å². The Labute approximate surface area is 121 Å². The summed E-state index contributed by atoms with van der Waals surface area (Å²) in [5, 5.41) is 3.12. The van der Waals surface area contributed by atoms with Crippen LogP contribution in [0.4, 0.5) is 18.9 Å². The molecule has 1 aliphatic rings. The first-order chi connectivity index (χ1) is 9.69. The molecule has 0 unspecified atom stereocenters. The largest absolute Gasteiger partial charge is 0.418 e. The molecule has 2 rings (SSSR count). The summed E-state index contributed by atoms with van der Waals surface area (Å²) in [4.78, 5) is 1.33. The van der Waals surface area contributed by atoms with E-state index in [0.29, 0.717) is 19.6 Å². The average molecular weight is 322 g/mol. The van der Waals surface area contributed by atoms with E-state index >= 15 is 0 Å². The third-order valence-corrected chi connectivity index (χ3v) is 4.49. The highest BCUT2D eigenvalue weighted by Crippen LogP contribution is 2.38. The van der Waals surface area contributed by atoms with E-state index in [-0.39, 0.29) is 10.6 Å². The molecule has 1 saturated heterocycles. The van der Waals surface area contributed by atoms with Crippen molar-refractivity contribution < 1.29 is 21.6 Å². The van der Waals surface area contributed by atoms with Crippen LogP contribution < -0.4 is 10.2 Å². The Balaban J connectivity index is 2.49. The fraction of sp³-hybridized carbons (Fsp3) is 0.538. The van der Waals surface area contributed by atoms with Crippen molar-refractivity contribution >= 4 is 15.5 Å². The number of hydrogen-bond donors (Lipinski definition) is 1. The van der Waals surface area contributed by atoms with Crippen LogP contribution in [-0.2, 0) is 16.0 Å². The number of halogens is 3. The molecule has 1 heterocycles. The first-order valence-corrected chi connectivity index (χ1v) is 8.46. The molecule has 118 valence electrons. The Kier molecular flexibility index (Phi) is 4.48. The first kappa shape index (κ1) is 16.1. The number of rotatable bonds is 2. The SMILES string of the molecule is CS(=O)(=O)c1ccc(N2CCCNCC2)c(C(F)(F)F)c1. The molecule has 4 nitrogen and oxygen atoms in total. The molecule has 21 heavy (non-hydrogen) atoms. The molecule has 0 aromatic heterocycles. The highest BCUT2D eigenvalue weighted by atomic mass is 32.2. The lowest BCUT2D eigenvalue weighted by atomic mass is 10.1. The van der Waals surface area contributed by atoms with Gasteiger partial charge >= 0.3 is 6.18 Å². The summed E-state index contributed by atoms with van der Waals surface area (Å²) in [6, 6.07) is 3.21. The summed E-state index contributed by atoms with van der Waals surface area (Å²) in [6.07, 6.45) is -2.95. The van der Waals surface area contributed by atoms with E-state index in [9.17, 15) is 21.6 Å². The lowest BCUT2D eigenvalue weighted by Crippen LogP contribution is -2.30. The highest BCUT2D eigenvalue weighted by Gasteiger charge is 2.36. The number of nitrogens with one attached hydrogen (secondary N) is 1. The van der Waals surface area contributed by atoms with Crippen molar-refractivity contribution in [2.24, 2.45) is 0 Å². The van der Waals surface area contributed by atoms with Crippen LogP contribution in [0.15, 0.2) is 23.1 Å². The van der Waals surface area contributed by atoms with Gasteiger partial charge in [0.05, 0.1) is 10.5 Å². The molecule has 0 atom stereocenters. The van der Waals surface area contributed by atoms with Gasteiger partial charge in [0.25, 0.3) is 0 Å². The minimum Gasteiger partial charge on any atom is -0.370 e. The molecule has 8 heteroatoms. The second-order valence-corrected chi connectivity index (χ2v) is 7.06. The zero-order chi connectivity index (χ0) is 15.7. The van der Waals surface area contributed by atoms with E-state index in [1.165, 1.54) is 12.1 Å². The maximum atomic E-state index is 13.2. The van der Waals surface area contributed by atoms with Crippen LogP contribution in [-0.4, -0.2) is 40.9 Å². The molecule has 0 radical (unpaired) electrons. The van der Waals surface area contributed by atoms with Crippen LogP contribution in [0.2, 0.25) is 0 Å². The second kappa shape index (κ2) is 5.84. The van der Waals surface area contributed by atoms with Gasteiger partial charge in [0, 0.05) is 31.6 Å². The van der Waals surface area contributed by atoms with Gasteiger partial charge in [-0.15, -0.1) is 0 Å². The molecule has 1 aromatic rings. The van der Waals surface area contributed by atoms with Crippen molar-refractivity contribution in [1.82, 2.24) is 5.32 Å². The van der Waals surface area contributed by atoms with Crippen molar-refractivity contribution in [3.05, 3.63) is 23.8 Å². The summed E-state index contributed by atoms with van der Waals surface area (Å²) in [6.45, 7) is 2.33. The fourth-order valence-electron chi connectivity index (χ4n) is 2.34. The third-order valence-electron chi connectivity index (χ3n) is 3.38. The predicted molar refractivity (Wildman–Crippen MR) is 74.3 cm³/mol. The topological polar surface area (TPSA) is 49.4 Å². The van der Waals surface area contributed by atoms with E-state index in [2.05, 4.69) is 5.32 Å². The first-order valence-electron chi connectivity index (χ1n) is 6.56. The molecule has 0 spiro atoms. The number of alkyl halides is 3. The third kappa shape index (κ3) is 3.88. The number of benzene rings is 1. The van der Waals surface area contributed by atoms with Gasteiger partial charge in [-0.05, 0) is 31.2 Å². The van der Waals surface area contributed by atoms with Crippen LogP contribution in [0.25, 0.3) is 0 Å². The Hall–Kier alpha value is -1.28. The van der Waals surface area contributed by atoms with Crippen LogP contribution >= 0.6 is 0 Å². The molecule has 1 aromatic carbocycles. The molecule has 0 saturated carbocycles. The van der Waals surface area contributed by atoms with Crippen molar-refractivity contribution in [3.63, 3.8) is 0 Å². The lowest BCUT2D eigenvalue weighted by molar-refractivity contribution is -0.137. The summed E-state index contributed by atoms with van der Waals surface area (Å²) in [7, 11) is -3.67. The average Bonchev–Trinajstić information content (AvgIpc) is 2.64. The van der Waals surface area contributed by atoms with Crippen molar-refractivity contribution in [2.45, 2.75) is 17.5 Å². The molecule has 1 N–H and O–H groups in total. The minimum atomic E-state index is -4.59. The van der Waals surface area contributed by atoms with E-state index in [0.717, 1.165) is 25.3 Å². The molecule has 1 fully saturated rings.